The number of aromatic amines is 1. The topological polar surface area (TPSA) is 99.8 Å². The number of ether oxygens (including phenoxy) is 1. The lowest BCUT2D eigenvalue weighted by Gasteiger charge is -2.35. The predicted molar refractivity (Wildman–Crippen MR) is 123 cm³/mol. The van der Waals surface area contributed by atoms with Gasteiger partial charge in [0.15, 0.2) is 5.78 Å². The van der Waals surface area contributed by atoms with Crippen LogP contribution in [0.3, 0.4) is 0 Å². The second-order valence-corrected chi connectivity index (χ2v) is 8.30. The third-order valence-electron chi connectivity index (χ3n) is 6.08. The van der Waals surface area contributed by atoms with Crippen LogP contribution >= 0.6 is 0 Å². The number of amides is 2. The van der Waals surface area contributed by atoms with Crippen LogP contribution in [-0.2, 0) is 27.2 Å². The highest BCUT2D eigenvalue weighted by Crippen LogP contribution is 2.21. The predicted octanol–water partition coefficient (Wildman–Crippen LogP) is 2.55. The van der Waals surface area contributed by atoms with Crippen LogP contribution in [-0.4, -0.2) is 71.6 Å². The number of H-pyrrole nitrogens is 1. The Morgan fingerprint density at radius 3 is 2.15 bits per heavy atom. The molecule has 1 N–H and O–H groups in total. The van der Waals surface area contributed by atoms with Gasteiger partial charge in [-0.3, -0.25) is 14.4 Å². The van der Waals surface area contributed by atoms with Gasteiger partial charge in [-0.1, -0.05) is 30.3 Å². The average Bonchev–Trinajstić information content (AvgIpc) is 3.15. The molecule has 1 fully saturated rings. The Hall–Kier alpha value is -3.42. The minimum atomic E-state index is -0.579. The van der Waals surface area contributed by atoms with Crippen LogP contribution in [0.5, 0.6) is 0 Å². The van der Waals surface area contributed by atoms with Crippen molar-refractivity contribution < 1.29 is 23.9 Å². The number of nitrogens with zero attached hydrogens (tertiary/aromatic N) is 2. The summed E-state index contributed by atoms with van der Waals surface area (Å²) in [6.45, 7) is 4.92. The number of aryl methyl sites for hydroxylation is 1. The number of piperazine rings is 1. The van der Waals surface area contributed by atoms with E-state index in [4.69, 9.17) is 4.74 Å². The number of benzene rings is 1. The zero-order valence-corrected chi connectivity index (χ0v) is 19.5. The largest absolute Gasteiger partial charge is 0.465 e. The van der Waals surface area contributed by atoms with Gasteiger partial charge in [-0.25, -0.2) is 4.79 Å². The van der Waals surface area contributed by atoms with Gasteiger partial charge in [-0.15, -0.1) is 0 Å². The Balaban J connectivity index is 1.53. The monoisotopic (exact) mass is 453 g/mol. The fourth-order valence-corrected chi connectivity index (χ4v) is 4.24. The molecule has 2 aromatic rings. The van der Waals surface area contributed by atoms with Gasteiger partial charge in [-0.2, -0.15) is 0 Å². The molecule has 1 aromatic carbocycles. The Kier molecular flexibility index (Phi) is 8.03. The summed E-state index contributed by atoms with van der Waals surface area (Å²) in [6, 6.07) is 10.1. The summed E-state index contributed by atoms with van der Waals surface area (Å²) in [5.41, 5.74) is 2.64. The van der Waals surface area contributed by atoms with Crippen LogP contribution in [0.2, 0.25) is 0 Å². The number of aromatic nitrogens is 1. The minimum Gasteiger partial charge on any atom is -0.465 e. The van der Waals surface area contributed by atoms with E-state index in [1.54, 1.807) is 16.7 Å². The van der Waals surface area contributed by atoms with Gasteiger partial charge < -0.3 is 19.5 Å². The molecule has 2 heterocycles. The number of ketones is 1. The summed E-state index contributed by atoms with van der Waals surface area (Å²) in [4.78, 5) is 56.0. The first-order valence-electron chi connectivity index (χ1n) is 11.2. The number of rotatable bonds is 8. The molecule has 33 heavy (non-hydrogen) atoms. The maximum Gasteiger partial charge on any atom is 0.339 e. The summed E-state index contributed by atoms with van der Waals surface area (Å²) in [5.74, 6) is -0.842. The smallest absolute Gasteiger partial charge is 0.339 e. The van der Waals surface area contributed by atoms with Gasteiger partial charge in [-0.05, 0) is 30.9 Å². The fraction of sp³-hybridized carbons (Fsp3) is 0.440. The van der Waals surface area contributed by atoms with Crippen LogP contribution in [0, 0.1) is 6.92 Å². The van der Waals surface area contributed by atoms with Crippen molar-refractivity contribution in [1.29, 1.82) is 0 Å². The molecule has 8 heteroatoms. The van der Waals surface area contributed by atoms with Crippen LogP contribution < -0.4 is 0 Å². The maximum absolute atomic E-state index is 12.9. The van der Waals surface area contributed by atoms with Crippen LogP contribution in [0.4, 0.5) is 0 Å². The van der Waals surface area contributed by atoms with Gasteiger partial charge in [0.2, 0.25) is 11.8 Å². The molecule has 0 spiro atoms. The molecule has 2 amide bonds. The lowest BCUT2D eigenvalue weighted by atomic mass is 10.1. The number of hydrogen-bond donors (Lipinski definition) is 1. The molecule has 0 aliphatic carbocycles. The third kappa shape index (κ3) is 5.88. The fourth-order valence-electron chi connectivity index (χ4n) is 4.24. The number of methoxy groups -OCH3 is 1. The van der Waals surface area contributed by atoms with E-state index in [1.165, 1.54) is 19.6 Å². The lowest BCUT2D eigenvalue weighted by Crippen LogP contribution is -2.51. The first kappa shape index (κ1) is 24.2. The van der Waals surface area contributed by atoms with E-state index in [9.17, 15) is 19.2 Å². The second kappa shape index (κ2) is 10.9. The molecular formula is C25H31N3O5. The molecule has 0 saturated carbocycles. The minimum absolute atomic E-state index is 0.0381. The van der Waals surface area contributed by atoms with Gasteiger partial charge in [0, 0.05) is 45.2 Å². The van der Waals surface area contributed by atoms with Crippen molar-refractivity contribution >= 4 is 23.6 Å². The molecule has 0 atom stereocenters. The van der Waals surface area contributed by atoms with E-state index in [2.05, 4.69) is 17.1 Å². The summed E-state index contributed by atoms with van der Waals surface area (Å²) in [7, 11) is 1.27. The number of carbonyl (C=O) groups excluding carboxylic acids is 4. The first-order chi connectivity index (χ1) is 15.8. The number of hydrogen-bond acceptors (Lipinski definition) is 5. The molecule has 176 valence electrons. The Labute approximate surface area is 193 Å². The van der Waals surface area contributed by atoms with E-state index >= 15 is 0 Å². The van der Waals surface area contributed by atoms with Crippen molar-refractivity contribution in [2.75, 3.05) is 33.3 Å². The van der Waals surface area contributed by atoms with Crippen LogP contribution in [0.1, 0.15) is 57.4 Å². The van der Waals surface area contributed by atoms with Gasteiger partial charge in [0.25, 0.3) is 0 Å². The molecule has 0 unspecified atom stereocenters. The van der Waals surface area contributed by atoms with Crippen molar-refractivity contribution in [2.24, 2.45) is 0 Å². The average molecular weight is 454 g/mol. The quantitative estimate of drug-likeness (QED) is 0.489. The van der Waals surface area contributed by atoms with Gasteiger partial charge >= 0.3 is 5.97 Å². The summed E-state index contributed by atoms with van der Waals surface area (Å²) in [5, 5.41) is 0. The maximum atomic E-state index is 12.9. The Bertz CT molecular complexity index is 1020. The van der Waals surface area contributed by atoms with Gasteiger partial charge in [0.05, 0.1) is 24.8 Å². The number of esters is 1. The molecule has 1 aromatic heterocycles. The van der Waals surface area contributed by atoms with Crippen LogP contribution in [0.15, 0.2) is 30.3 Å². The highest BCUT2D eigenvalue weighted by Gasteiger charge is 2.28. The van der Waals surface area contributed by atoms with E-state index in [0.717, 1.165) is 12.8 Å². The summed E-state index contributed by atoms with van der Waals surface area (Å²) < 4.78 is 4.84. The zero-order chi connectivity index (χ0) is 24.0. The van der Waals surface area contributed by atoms with Gasteiger partial charge in [0.1, 0.15) is 0 Å². The van der Waals surface area contributed by atoms with Crippen molar-refractivity contribution in [3.05, 3.63) is 58.4 Å². The van der Waals surface area contributed by atoms with Crippen molar-refractivity contribution in [2.45, 2.75) is 39.5 Å². The highest BCUT2D eigenvalue weighted by molar-refractivity contribution is 6.01. The third-order valence-corrected chi connectivity index (χ3v) is 6.08. The standard InChI is InChI=1S/C25H31N3O5/c1-17-23(25(32)33-3)20(26-24(17)18(2)29)16-22(31)28-14-12-27(13-15-28)21(30)11-7-10-19-8-5-4-6-9-19/h4-6,8-9,26H,7,10-16H2,1-3H3. The summed E-state index contributed by atoms with van der Waals surface area (Å²) in [6.07, 6.45) is 2.11. The van der Waals surface area contributed by atoms with E-state index < -0.39 is 5.97 Å². The Morgan fingerprint density at radius 1 is 0.970 bits per heavy atom. The van der Waals surface area contributed by atoms with Crippen molar-refractivity contribution in [3.8, 4) is 0 Å². The molecular weight excluding hydrogens is 422 g/mol. The molecule has 3 rings (SSSR count). The Morgan fingerprint density at radius 2 is 1.58 bits per heavy atom. The molecule has 8 nitrogen and oxygen atoms in total. The van der Waals surface area contributed by atoms with E-state index in [1.807, 2.05) is 18.2 Å². The van der Waals surface area contributed by atoms with Crippen molar-refractivity contribution in [1.82, 2.24) is 14.8 Å². The summed E-state index contributed by atoms with van der Waals surface area (Å²) >= 11 is 0. The molecule has 1 aliphatic heterocycles. The number of Topliss-reactive ketones (excluding diaryl/α,β-unsaturated/α-hetero) is 1. The number of nitrogens with one attached hydrogen (secondary N) is 1. The van der Waals surface area contributed by atoms with E-state index in [0.29, 0.717) is 49.6 Å². The lowest BCUT2D eigenvalue weighted by molar-refractivity contribution is -0.139. The second-order valence-electron chi connectivity index (χ2n) is 8.30. The molecule has 1 aliphatic rings. The highest BCUT2D eigenvalue weighted by atomic mass is 16.5. The molecule has 0 bridgehead atoms. The van der Waals surface area contributed by atoms with E-state index in [-0.39, 0.29) is 29.6 Å². The van der Waals surface area contributed by atoms with Crippen LogP contribution in [0.25, 0.3) is 0 Å². The molecule has 0 radical (unpaired) electrons. The zero-order valence-electron chi connectivity index (χ0n) is 19.5. The van der Waals surface area contributed by atoms with Crippen molar-refractivity contribution in [3.63, 3.8) is 0 Å². The SMILES string of the molecule is COC(=O)c1c(CC(=O)N2CCN(C(=O)CCCc3ccccc3)CC2)[nH]c(C(C)=O)c1C. The first-order valence-corrected chi connectivity index (χ1v) is 11.2. The normalized spacial score (nSPS) is 13.7. The molecule has 1 saturated heterocycles. The number of carbonyl (C=O) groups is 4.